The van der Waals surface area contributed by atoms with Crippen molar-refractivity contribution < 1.29 is 9.53 Å². The summed E-state index contributed by atoms with van der Waals surface area (Å²) in [5.41, 5.74) is 4.66. The lowest BCUT2D eigenvalue weighted by atomic mass is 10.1. The van der Waals surface area contributed by atoms with E-state index in [0.29, 0.717) is 18.8 Å². The van der Waals surface area contributed by atoms with Crippen LogP contribution < -0.4 is 15.0 Å². The average Bonchev–Trinajstić information content (AvgIpc) is 3.38. The molecule has 156 valence electrons. The van der Waals surface area contributed by atoms with Gasteiger partial charge in [0.2, 0.25) is 5.91 Å². The molecule has 5 rings (SSSR count). The zero-order valence-electron chi connectivity index (χ0n) is 17.4. The lowest BCUT2D eigenvalue weighted by Gasteiger charge is -2.18. The molecular weight excluding hydrogens is 392 g/mol. The van der Waals surface area contributed by atoms with E-state index in [4.69, 9.17) is 4.74 Å². The molecule has 0 saturated carbocycles. The summed E-state index contributed by atoms with van der Waals surface area (Å²) < 4.78 is 6.99. The number of carbonyl (C=O) groups is 1. The van der Waals surface area contributed by atoms with Crippen molar-refractivity contribution >= 4 is 34.1 Å². The molecule has 0 saturated heterocycles. The highest BCUT2D eigenvalue weighted by Crippen LogP contribution is 2.33. The number of aromatic nitrogens is 4. The molecule has 1 aliphatic rings. The molecule has 0 spiro atoms. The van der Waals surface area contributed by atoms with Crippen molar-refractivity contribution in [3.05, 3.63) is 66.1 Å². The zero-order valence-corrected chi connectivity index (χ0v) is 17.4. The maximum Gasteiger partial charge on any atom is 0.231 e. The molecule has 1 N–H and O–H groups in total. The molecule has 2 aromatic carbocycles. The van der Waals surface area contributed by atoms with Gasteiger partial charge in [-0.25, -0.2) is 9.97 Å². The van der Waals surface area contributed by atoms with Crippen molar-refractivity contribution in [1.82, 2.24) is 19.7 Å². The summed E-state index contributed by atoms with van der Waals surface area (Å²) in [6.07, 6.45) is 4.44. The molecule has 2 aromatic heterocycles. The van der Waals surface area contributed by atoms with Gasteiger partial charge in [0, 0.05) is 25.0 Å². The molecule has 31 heavy (non-hydrogen) atoms. The van der Waals surface area contributed by atoms with Crippen LogP contribution in [0.5, 0.6) is 5.75 Å². The Labute approximate surface area is 179 Å². The first-order valence-electron chi connectivity index (χ1n) is 10.1. The summed E-state index contributed by atoms with van der Waals surface area (Å²) in [5.74, 6) is 1.51. The van der Waals surface area contributed by atoms with E-state index in [1.54, 1.807) is 18.0 Å². The van der Waals surface area contributed by atoms with Crippen molar-refractivity contribution in [1.29, 1.82) is 0 Å². The lowest BCUT2D eigenvalue weighted by Crippen LogP contribution is -2.30. The second kappa shape index (κ2) is 7.71. The van der Waals surface area contributed by atoms with Crippen LogP contribution in [0.25, 0.3) is 11.0 Å². The minimum absolute atomic E-state index is 0.0702. The fourth-order valence-corrected chi connectivity index (χ4v) is 3.97. The summed E-state index contributed by atoms with van der Waals surface area (Å²) in [6.45, 7) is 0.682. The van der Waals surface area contributed by atoms with Gasteiger partial charge in [0.1, 0.15) is 17.9 Å². The van der Waals surface area contributed by atoms with Gasteiger partial charge in [-0.3, -0.25) is 9.48 Å². The number of carbonyl (C=O) groups excluding carboxylic acids is 1. The Morgan fingerprint density at radius 1 is 1.19 bits per heavy atom. The number of hydrogen-bond acceptors (Lipinski definition) is 6. The molecule has 1 aliphatic heterocycles. The Morgan fingerprint density at radius 3 is 2.97 bits per heavy atom. The van der Waals surface area contributed by atoms with Crippen molar-refractivity contribution in [2.24, 2.45) is 7.05 Å². The first kappa shape index (κ1) is 19.0. The number of benzene rings is 2. The number of anilines is 3. The van der Waals surface area contributed by atoms with Gasteiger partial charge in [-0.15, -0.1) is 0 Å². The molecule has 0 aliphatic carbocycles. The zero-order chi connectivity index (χ0) is 21.4. The van der Waals surface area contributed by atoms with Crippen LogP contribution in [0.3, 0.4) is 0 Å². The molecule has 1 amide bonds. The normalized spacial score (nSPS) is 12.8. The highest BCUT2D eigenvalue weighted by Gasteiger charge is 2.25. The molecule has 4 aromatic rings. The SMILES string of the molecule is COc1cccc(CC(=O)N2CCc3ccc(Nc4ncnc5c4cnn5C)cc32)c1. The second-order valence-electron chi connectivity index (χ2n) is 7.52. The number of hydrogen-bond donors (Lipinski definition) is 1. The van der Waals surface area contributed by atoms with E-state index in [2.05, 4.69) is 26.4 Å². The van der Waals surface area contributed by atoms with Gasteiger partial charge in [0.05, 0.1) is 25.1 Å². The number of ether oxygens (including phenoxy) is 1. The Balaban J connectivity index is 1.39. The molecule has 8 nitrogen and oxygen atoms in total. The molecule has 0 fully saturated rings. The number of fused-ring (bicyclic) bond motifs is 2. The Hall–Kier alpha value is -3.94. The maximum atomic E-state index is 13.1. The van der Waals surface area contributed by atoms with E-state index in [1.165, 1.54) is 11.9 Å². The third kappa shape index (κ3) is 3.56. The quantitative estimate of drug-likeness (QED) is 0.540. The summed E-state index contributed by atoms with van der Waals surface area (Å²) in [6, 6.07) is 13.7. The average molecular weight is 414 g/mol. The monoisotopic (exact) mass is 414 g/mol. The fraction of sp³-hybridized carbons (Fsp3) is 0.217. The Bertz CT molecular complexity index is 1280. The highest BCUT2D eigenvalue weighted by atomic mass is 16.5. The third-order valence-electron chi connectivity index (χ3n) is 5.56. The van der Waals surface area contributed by atoms with Crippen LogP contribution in [-0.4, -0.2) is 39.3 Å². The van der Waals surface area contributed by atoms with Gasteiger partial charge < -0.3 is 15.0 Å². The van der Waals surface area contributed by atoms with Crippen LogP contribution in [0, 0.1) is 0 Å². The van der Waals surface area contributed by atoms with Crippen molar-refractivity contribution in [3.63, 3.8) is 0 Å². The van der Waals surface area contributed by atoms with Crippen LogP contribution in [-0.2, 0) is 24.7 Å². The predicted octanol–water partition coefficient (Wildman–Crippen LogP) is 3.25. The van der Waals surface area contributed by atoms with E-state index in [0.717, 1.165) is 40.1 Å². The van der Waals surface area contributed by atoms with Crippen LogP contribution >= 0.6 is 0 Å². The summed E-state index contributed by atoms with van der Waals surface area (Å²) >= 11 is 0. The number of nitrogens with zero attached hydrogens (tertiary/aromatic N) is 5. The molecule has 0 atom stereocenters. The number of rotatable bonds is 5. The van der Waals surface area contributed by atoms with Crippen molar-refractivity contribution in [3.8, 4) is 5.75 Å². The number of amides is 1. The van der Waals surface area contributed by atoms with E-state index in [-0.39, 0.29) is 5.91 Å². The van der Waals surface area contributed by atoms with E-state index in [9.17, 15) is 4.79 Å². The number of aryl methyl sites for hydroxylation is 1. The lowest BCUT2D eigenvalue weighted by molar-refractivity contribution is -0.117. The van der Waals surface area contributed by atoms with Gasteiger partial charge >= 0.3 is 0 Å². The molecular formula is C23H22N6O2. The first-order chi connectivity index (χ1) is 15.1. The van der Waals surface area contributed by atoms with Gasteiger partial charge in [0.25, 0.3) is 0 Å². The largest absolute Gasteiger partial charge is 0.497 e. The Morgan fingerprint density at radius 2 is 2.10 bits per heavy atom. The Kier molecular flexibility index (Phi) is 4.74. The minimum Gasteiger partial charge on any atom is -0.497 e. The number of nitrogens with one attached hydrogen (secondary N) is 1. The van der Waals surface area contributed by atoms with E-state index in [1.807, 2.05) is 48.3 Å². The third-order valence-corrected chi connectivity index (χ3v) is 5.56. The van der Waals surface area contributed by atoms with Gasteiger partial charge in [-0.1, -0.05) is 18.2 Å². The fourth-order valence-electron chi connectivity index (χ4n) is 3.97. The first-order valence-corrected chi connectivity index (χ1v) is 10.1. The van der Waals surface area contributed by atoms with Gasteiger partial charge in [0.15, 0.2) is 5.65 Å². The van der Waals surface area contributed by atoms with Crippen molar-refractivity contribution in [2.45, 2.75) is 12.8 Å². The molecule has 0 unspecified atom stereocenters. The highest BCUT2D eigenvalue weighted by molar-refractivity contribution is 5.97. The maximum absolute atomic E-state index is 13.1. The van der Waals surface area contributed by atoms with Crippen LogP contribution in [0.15, 0.2) is 55.0 Å². The topological polar surface area (TPSA) is 85.2 Å². The second-order valence-corrected chi connectivity index (χ2v) is 7.52. The predicted molar refractivity (Wildman–Crippen MR) is 119 cm³/mol. The summed E-state index contributed by atoms with van der Waals surface area (Å²) in [5, 5.41) is 8.45. The van der Waals surface area contributed by atoms with Crippen LogP contribution in [0.2, 0.25) is 0 Å². The summed E-state index contributed by atoms with van der Waals surface area (Å²) in [7, 11) is 3.48. The van der Waals surface area contributed by atoms with E-state index >= 15 is 0 Å². The number of methoxy groups -OCH3 is 1. The van der Waals surface area contributed by atoms with Crippen LogP contribution in [0.1, 0.15) is 11.1 Å². The minimum atomic E-state index is 0.0702. The molecule has 3 heterocycles. The molecule has 0 radical (unpaired) electrons. The van der Waals surface area contributed by atoms with Crippen LogP contribution in [0.4, 0.5) is 17.2 Å². The molecule has 0 bridgehead atoms. The van der Waals surface area contributed by atoms with Gasteiger partial charge in [-0.2, -0.15) is 5.10 Å². The van der Waals surface area contributed by atoms with Crippen molar-refractivity contribution in [2.75, 3.05) is 23.9 Å². The van der Waals surface area contributed by atoms with E-state index < -0.39 is 0 Å². The van der Waals surface area contributed by atoms with Gasteiger partial charge in [-0.05, 0) is 41.8 Å². The standard InChI is InChI=1S/C23H22N6O2/c1-28-23-19(13-26-28)22(24-14-25-23)27-17-7-6-16-8-9-29(20(16)12-17)21(30)11-15-4-3-5-18(10-15)31-2/h3-7,10,12-14H,8-9,11H2,1-2H3,(H,24,25,27). The smallest absolute Gasteiger partial charge is 0.231 e. The molecule has 8 heteroatoms. The summed E-state index contributed by atoms with van der Waals surface area (Å²) in [4.78, 5) is 23.6.